The Kier molecular flexibility index (Phi) is 3.78. The number of rotatable bonds is 4. The molecule has 0 aliphatic heterocycles. The third kappa shape index (κ3) is 2.27. The van der Waals surface area contributed by atoms with E-state index in [9.17, 15) is 20.3 Å². The van der Waals surface area contributed by atoms with Crippen LogP contribution in [-0.4, -0.2) is 33.0 Å². The molecule has 0 heterocycles. The molecule has 88 valence electrons. The molecule has 0 bridgehead atoms. The summed E-state index contributed by atoms with van der Waals surface area (Å²) in [5, 5.41) is 38.2. The molecule has 2 atom stereocenters. The molecule has 5 N–H and O–H groups in total. The van der Waals surface area contributed by atoms with Crippen LogP contribution in [0.2, 0.25) is 0 Å². The molecule has 7 heteroatoms. The Labute approximate surface area is 90.9 Å². The second-order valence-corrected chi connectivity index (χ2v) is 3.24. The monoisotopic (exact) mass is 228 g/mol. The first-order valence-corrected chi connectivity index (χ1v) is 4.48. The van der Waals surface area contributed by atoms with Crippen molar-refractivity contribution in [2.45, 2.75) is 12.2 Å². The van der Waals surface area contributed by atoms with Crippen LogP contribution in [0.25, 0.3) is 0 Å². The van der Waals surface area contributed by atoms with Gasteiger partial charge in [-0.3, -0.25) is 10.1 Å². The lowest BCUT2D eigenvalue weighted by atomic mass is 10.0. The number of aliphatic hydroxyl groups excluding tert-OH is 3. The van der Waals surface area contributed by atoms with Gasteiger partial charge in [0.25, 0.3) is 5.69 Å². The smallest absolute Gasteiger partial charge is 0.297 e. The van der Waals surface area contributed by atoms with Gasteiger partial charge in [-0.25, -0.2) is 0 Å². The van der Waals surface area contributed by atoms with Crippen molar-refractivity contribution in [3.05, 3.63) is 33.9 Å². The van der Waals surface area contributed by atoms with E-state index in [4.69, 9.17) is 10.8 Å². The zero-order chi connectivity index (χ0) is 12.3. The quantitative estimate of drug-likeness (QED) is 0.314. The van der Waals surface area contributed by atoms with Gasteiger partial charge < -0.3 is 21.1 Å². The molecule has 1 aromatic carbocycles. The van der Waals surface area contributed by atoms with E-state index in [1.54, 1.807) is 0 Å². The number of nitrogens with zero attached hydrogens (tertiary/aromatic N) is 1. The summed E-state index contributed by atoms with van der Waals surface area (Å²) in [5.74, 6) is 0. The number of nitrogen functional groups attached to an aromatic ring is 1. The van der Waals surface area contributed by atoms with Crippen LogP contribution in [0.5, 0.6) is 0 Å². The van der Waals surface area contributed by atoms with Crippen molar-refractivity contribution in [2.75, 3.05) is 12.3 Å². The molecular weight excluding hydrogens is 216 g/mol. The van der Waals surface area contributed by atoms with Crippen LogP contribution < -0.4 is 5.73 Å². The Morgan fingerprint density at radius 1 is 1.44 bits per heavy atom. The van der Waals surface area contributed by atoms with Gasteiger partial charge in [0.1, 0.15) is 17.9 Å². The van der Waals surface area contributed by atoms with Gasteiger partial charge in [-0.05, 0) is 12.1 Å². The minimum Gasteiger partial charge on any atom is -0.394 e. The Hall–Kier alpha value is -1.70. The number of benzene rings is 1. The number of anilines is 1. The van der Waals surface area contributed by atoms with E-state index in [-0.39, 0.29) is 11.3 Å². The maximum absolute atomic E-state index is 10.7. The highest BCUT2D eigenvalue weighted by atomic mass is 16.6. The highest BCUT2D eigenvalue weighted by Crippen LogP contribution is 2.31. The number of para-hydroxylation sites is 1. The van der Waals surface area contributed by atoms with Gasteiger partial charge in [-0.2, -0.15) is 0 Å². The van der Waals surface area contributed by atoms with Crippen molar-refractivity contribution in [1.82, 2.24) is 0 Å². The Balaban J connectivity index is 3.22. The maximum Gasteiger partial charge on any atom is 0.297 e. The molecule has 1 rings (SSSR count). The molecule has 0 aliphatic rings. The Bertz CT molecular complexity index is 395. The summed E-state index contributed by atoms with van der Waals surface area (Å²) in [6.07, 6.45) is -3.03. The van der Waals surface area contributed by atoms with Gasteiger partial charge in [0.05, 0.1) is 17.1 Å². The Morgan fingerprint density at radius 2 is 2.06 bits per heavy atom. The maximum atomic E-state index is 10.7. The van der Waals surface area contributed by atoms with Gasteiger partial charge in [0.2, 0.25) is 0 Å². The summed E-state index contributed by atoms with van der Waals surface area (Å²) < 4.78 is 0. The third-order valence-corrected chi connectivity index (χ3v) is 2.15. The van der Waals surface area contributed by atoms with Crippen molar-refractivity contribution >= 4 is 11.4 Å². The molecule has 1 aromatic rings. The molecule has 0 amide bonds. The summed E-state index contributed by atoms with van der Waals surface area (Å²) in [6.45, 7) is -0.701. The Morgan fingerprint density at radius 3 is 2.56 bits per heavy atom. The fourth-order valence-corrected chi connectivity index (χ4v) is 1.34. The predicted octanol–water partition coefficient (Wildman–Crippen LogP) is -0.436. The van der Waals surface area contributed by atoms with E-state index >= 15 is 0 Å². The van der Waals surface area contributed by atoms with Crippen LogP contribution >= 0.6 is 0 Å². The highest BCUT2D eigenvalue weighted by molar-refractivity contribution is 5.63. The van der Waals surface area contributed by atoms with Crippen LogP contribution in [0.1, 0.15) is 11.7 Å². The number of nitro benzene ring substituents is 1. The molecule has 0 fully saturated rings. The number of nitro groups is 1. The minimum absolute atomic E-state index is 0.105. The molecule has 0 aliphatic carbocycles. The zero-order valence-electron chi connectivity index (χ0n) is 8.28. The van der Waals surface area contributed by atoms with Crippen LogP contribution in [0, 0.1) is 10.1 Å². The number of hydrogen-bond acceptors (Lipinski definition) is 6. The van der Waals surface area contributed by atoms with Crippen LogP contribution in [0.15, 0.2) is 18.2 Å². The van der Waals surface area contributed by atoms with E-state index in [2.05, 4.69) is 0 Å². The molecule has 0 aromatic heterocycles. The average Bonchev–Trinajstić information content (AvgIpc) is 2.26. The molecule has 0 saturated carbocycles. The summed E-state index contributed by atoms with van der Waals surface area (Å²) in [6, 6.07) is 4.02. The summed E-state index contributed by atoms with van der Waals surface area (Å²) in [5.41, 5.74) is 4.72. The number of hydrogen-bond donors (Lipinski definition) is 4. The van der Waals surface area contributed by atoms with Crippen molar-refractivity contribution in [3.8, 4) is 0 Å². The lowest BCUT2D eigenvalue weighted by molar-refractivity contribution is -0.385. The summed E-state index contributed by atoms with van der Waals surface area (Å²) in [7, 11) is 0. The first-order chi connectivity index (χ1) is 7.49. The van der Waals surface area contributed by atoms with Crippen LogP contribution in [0.3, 0.4) is 0 Å². The standard InChI is InChI=1S/C9H12N2O5/c10-6-3-1-2-5(8(6)11(15)16)9(14)7(13)4-12/h1-3,7,9,12-14H,4,10H2. The topological polar surface area (TPSA) is 130 Å². The lowest BCUT2D eigenvalue weighted by Gasteiger charge is -2.16. The van der Waals surface area contributed by atoms with E-state index in [0.717, 1.165) is 0 Å². The number of nitrogens with two attached hydrogens (primary N) is 1. The van der Waals surface area contributed by atoms with Gasteiger partial charge in [-0.1, -0.05) is 6.07 Å². The molecule has 7 nitrogen and oxygen atoms in total. The average molecular weight is 228 g/mol. The van der Waals surface area contributed by atoms with Crippen molar-refractivity contribution < 1.29 is 20.2 Å². The second-order valence-electron chi connectivity index (χ2n) is 3.24. The van der Waals surface area contributed by atoms with E-state index in [1.807, 2.05) is 0 Å². The zero-order valence-corrected chi connectivity index (χ0v) is 8.28. The predicted molar refractivity (Wildman–Crippen MR) is 55.6 cm³/mol. The van der Waals surface area contributed by atoms with Crippen molar-refractivity contribution in [1.29, 1.82) is 0 Å². The first-order valence-electron chi connectivity index (χ1n) is 4.48. The van der Waals surface area contributed by atoms with E-state index in [0.29, 0.717) is 0 Å². The van der Waals surface area contributed by atoms with Gasteiger partial charge >= 0.3 is 0 Å². The molecule has 0 saturated heterocycles. The number of aliphatic hydroxyl groups is 3. The van der Waals surface area contributed by atoms with Gasteiger partial charge in [0.15, 0.2) is 0 Å². The highest BCUT2D eigenvalue weighted by Gasteiger charge is 2.27. The molecule has 16 heavy (non-hydrogen) atoms. The normalized spacial score (nSPS) is 14.4. The third-order valence-electron chi connectivity index (χ3n) is 2.15. The fourth-order valence-electron chi connectivity index (χ4n) is 1.34. The molecule has 0 spiro atoms. The summed E-state index contributed by atoms with van der Waals surface area (Å²) in [4.78, 5) is 9.99. The van der Waals surface area contributed by atoms with E-state index < -0.39 is 29.4 Å². The fraction of sp³-hybridized carbons (Fsp3) is 0.333. The summed E-state index contributed by atoms with van der Waals surface area (Å²) >= 11 is 0. The van der Waals surface area contributed by atoms with Crippen molar-refractivity contribution in [2.24, 2.45) is 0 Å². The van der Waals surface area contributed by atoms with Crippen LogP contribution in [0.4, 0.5) is 11.4 Å². The van der Waals surface area contributed by atoms with Gasteiger partial charge in [-0.15, -0.1) is 0 Å². The molecular formula is C9H12N2O5. The van der Waals surface area contributed by atoms with Crippen molar-refractivity contribution in [3.63, 3.8) is 0 Å². The first kappa shape index (κ1) is 12.4. The SMILES string of the molecule is Nc1cccc(C(O)C(O)CO)c1[N+](=O)[O-]. The minimum atomic E-state index is -1.55. The van der Waals surface area contributed by atoms with Crippen LogP contribution in [-0.2, 0) is 0 Å². The van der Waals surface area contributed by atoms with Gasteiger partial charge in [0, 0.05) is 0 Å². The molecule has 2 unspecified atom stereocenters. The second kappa shape index (κ2) is 4.88. The lowest BCUT2D eigenvalue weighted by Crippen LogP contribution is -2.23. The largest absolute Gasteiger partial charge is 0.394 e. The molecule has 0 radical (unpaired) electrons. The van der Waals surface area contributed by atoms with E-state index in [1.165, 1.54) is 18.2 Å².